The third kappa shape index (κ3) is 12.6. The molecule has 0 saturated heterocycles. The van der Waals surface area contributed by atoms with Crippen LogP contribution in [0.5, 0.6) is 0 Å². The Kier molecular flexibility index (Phi) is 14.0. The first-order valence-electron chi connectivity index (χ1n) is 7.86. The van der Waals surface area contributed by atoms with E-state index in [1.807, 2.05) is 0 Å². The number of carbonyl (C=O) groups excluding carboxylic acids is 1. The Bertz CT molecular complexity index is 212. The maximum Gasteiger partial charge on any atom is 0.237 e. The minimum Gasteiger partial charge on any atom is -0.355 e. The van der Waals surface area contributed by atoms with Crippen molar-refractivity contribution < 1.29 is 4.79 Å². The molecule has 0 aliphatic rings. The van der Waals surface area contributed by atoms with Gasteiger partial charge in [-0.2, -0.15) is 12.6 Å². The van der Waals surface area contributed by atoms with Crippen molar-refractivity contribution in [2.45, 2.75) is 77.2 Å². The molecule has 0 heterocycles. The van der Waals surface area contributed by atoms with Crippen LogP contribution in [0.25, 0.3) is 0 Å². The van der Waals surface area contributed by atoms with E-state index < -0.39 is 6.04 Å². The van der Waals surface area contributed by atoms with Crippen molar-refractivity contribution in [1.29, 1.82) is 0 Å². The van der Waals surface area contributed by atoms with Gasteiger partial charge in [0.1, 0.15) is 0 Å². The SMILES string of the molecule is CCCCCCCCCCCCNC(=O)[C@@H](N)CS. The molecule has 0 unspecified atom stereocenters. The third-order valence-corrected chi connectivity index (χ3v) is 3.76. The molecule has 1 amide bonds. The molecule has 0 fully saturated rings. The smallest absolute Gasteiger partial charge is 0.237 e. The third-order valence-electron chi connectivity index (χ3n) is 3.36. The summed E-state index contributed by atoms with van der Waals surface area (Å²) in [5.74, 6) is 0.329. The van der Waals surface area contributed by atoms with E-state index in [9.17, 15) is 4.79 Å². The van der Waals surface area contributed by atoms with Crippen molar-refractivity contribution in [1.82, 2.24) is 5.32 Å². The Hall–Kier alpha value is -0.220. The molecule has 0 spiro atoms. The Morgan fingerprint density at radius 2 is 1.47 bits per heavy atom. The molecular formula is C15H32N2OS. The molecule has 0 radical (unpaired) electrons. The highest BCUT2D eigenvalue weighted by Crippen LogP contribution is 2.10. The van der Waals surface area contributed by atoms with Gasteiger partial charge in [0.2, 0.25) is 5.91 Å². The maximum atomic E-state index is 11.3. The zero-order valence-electron chi connectivity index (χ0n) is 12.5. The predicted molar refractivity (Wildman–Crippen MR) is 86.7 cm³/mol. The van der Waals surface area contributed by atoms with E-state index >= 15 is 0 Å². The molecule has 0 aromatic rings. The minimum absolute atomic E-state index is 0.0778. The molecule has 0 aliphatic heterocycles. The molecule has 0 aromatic heterocycles. The summed E-state index contributed by atoms with van der Waals surface area (Å²) in [6, 6.07) is -0.466. The van der Waals surface area contributed by atoms with Crippen LogP contribution in [0.4, 0.5) is 0 Å². The van der Waals surface area contributed by atoms with Gasteiger partial charge in [-0.3, -0.25) is 4.79 Å². The van der Waals surface area contributed by atoms with Gasteiger partial charge in [-0.15, -0.1) is 0 Å². The van der Waals surface area contributed by atoms with Gasteiger partial charge in [0.15, 0.2) is 0 Å². The number of rotatable bonds is 13. The van der Waals surface area contributed by atoms with E-state index in [0.717, 1.165) is 13.0 Å². The van der Waals surface area contributed by atoms with E-state index in [1.54, 1.807) is 0 Å². The lowest BCUT2D eigenvalue weighted by Gasteiger charge is -2.09. The van der Waals surface area contributed by atoms with Gasteiger partial charge >= 0.3 is 0 Å². The van der Waals surface area contributed by atoms with Gasteiger partial charge < -0.3 is 11.1 Å². The monoisotopic (exact) mass is 288 g/mol. The number of nitrogens with two attached hydrogens (primary N) is 1. The van der Waals surface area contributed by atoms with Gasteiger partial charge in [-0.05, 0) is 6.42 Å². The average molecular weight is 289 g/mol. The second-order valence-corrected chi connectivity index (χ2v) is 5.63. The van der Waals surface area contributed by atoms with Crippen LogP contribution in [0.15, 0.2) is 0 Å². The molecule has 0 aromatic carbocycles. The highest BCUT2D eigenvalue weighted by atomic mass is 32.1. The largest absolute Gasteiger partial charge is 0.355 e. The fourth-order valence-electron chi connectivity index (χ4n) is 2.04. The van der Waals surface area contributed by atoms with Gasteiger partial charge in [0.25, 0.3) is 0 Å². The molecular weight excluding hydrogens is 256 g/mol. The Balaban J connectivity index is 3.13. The van der Waals surface area contributed by atoms with Gasteiger partial charge in [0, 0.05) is 12.3 Å². The molecule has 0 aliphatic carbocycles. The van der Waals surface area contributed by atoms with Crippen molar-refractivity contribution in [3.05, 3.63) is 0 Å². The Labute approximate surface area is 124 Å². The summed E-state index contributed by atoms with van der Waals surface area (Å²) in [5.41, 5.74) is 5.56. The standard InChI is InChI=1S/C15H32N2OS/c1-2-3-4-5-6-7-8-9-10-11-12-17-15(18)14(16)13-19/h14,19H,2-13,16H2,1H3,(H,17,18)/t14-/m0/s1. The van der Waals surface area contributed by atoms with Crippen LogP contribution in [0.3, 0.4) is 0 Å². The number of carbonyl (C=O) groups is 1. The van der Waals surface area contributed by atoms with Gasteiger partial charge in [0.05, 0.1) is 6.04 Å². The molecule has 1 atom stereocenters. The number of amides is 1. The van der Waals surface area contributed by atoms with Crippen LogP contribution in [0.1, 0.15) is 71.1 Å². The quantitative estimate of drug-likeness (QED) is 0.360. The second kappa shape index (κ2) is 14.2. The van der Waals surface area contributed by atoms with Crippen molar-refractivity contribution in [3.8, 4) is 0 Å². The van der Waals surface area contributed by atoms with E-state index in [0.29, 0.717) is 5.75 Å². The Morgan fingerprint density at radius 1 is 1.00 bits per heavy atom. The van der Waals surface area contributed by atoms with E-state index in [1.165, 1.54) is 57.8 Å². The number of nitrogens with one attached hydrogen (secondary N) is 1. The van der Waals surface area contributed by atoms with Crippen molar-refractivity contribution in [3.63, 3.8) is 0 Å². The lowest BCUT2D eigenvalue weighted by molar-refractivity contribution is -0.121. The molecule has 4 heteroatoms. The van der Waals surface area contributed by atoms with Crippen LogP contribution in [-0.2, 0) is 4.79 Å². The first-order chi connectivity index (χ1) is 9.22. The lowest BCUT2D eigenvalue weighted by atomic mass is 10.1. The molecule has 0 bridgehead atoms. The summed E-state index contributed by atoms with van der Waals surface area (Å²) in [5, 5.41) is 2.85. The molecule has 114 valence electrons. The summed E-state index contributed by atoms with van der Waals surface area (Å²) < 4.78 is 0. The van der Waals surface area contributed by atoms with Crippen LogP contribution < -0.4 is 11.1 Å². The zero-order chi connectivity index (χ0) is 14.3. The van der Waals surface area contributed by atoms with Crippen LogP contribution in [-0.4, -0.2) is 24.2 Å². The zero-order valence-corrected chi connectivity index (χ0v) is 13.4. The van der Waals surface area contributed by atoms with Gasteiger partial charge in [-0.25, -0.2) is 0 Å². The van der Waals surface area contributed by atoms with E-state index in [2.05, 4.69) is 24.9 Å². The molecule has 3 N–H and O–H groups in total. The predicted octanol–water partition coefficient (Wildman–Crippen LogP) is 3.28. The number of unbranched alkanes of at least 4 members (excludes halogenated alkanes) is 9. The molecule has 0 saturated carbocycles. The van der Waals surface area contributed by atoms with Crippen molar-refractivity contribution in [2.24, 2.45) is 5.73 Å². The summed E-state index contributed by atoms with van der Waals surface area (Å²) in [6.07, 6.45) is 13.1. The fraction of sp³-hybridized carbons (Fsp3) is 0.933. The molecule has 19 heavy (non-hydrogen) atoms. The van der Waals surface area contributed by atoms with E-state index in [-0.39, 0.29) is 5.91 Å². The lowest BCUT2D eigenvalue weighted by Crippen LogP contribution is -2.42. The first-order valence-corrected chi connectivity index (χ1v) is 8.49. The second-order valence-electron chi connectivity index (χ2n) is 5.26. The highest BCUT2D eigenvalue weighted by molar-refractivity contribution is 7.80. The minimum atomic E-state index is -0.466. The highest BCUT2D eigenvalue weighted by Gasteiger charge is 2.09. The normalized spacial score (nSPS) is 12.4. The van der Waals surface area contributed by atoms with Crippen LogP contribution >= 0.6 is 12.6 Å². The summed E-state index contributed by atoms with van der Waals surface area (Å²) in [4.78, 5) is 11.3. The maximum absolute atomic E-state index is 11.3. The fourth-order valence-corrected chi connectivity index (χ4v) is 2.20. The molecule has 0 rings (SSSR count). The molecule has 3 nitrogen and oxygen atoms in total. The first kappa shape index (κ1) is 18.8. The van der Waals surface area contributed by atoms with Crippen molar-refractivity contribution in [2.75, 3.05) is 12.3 Å². The summed E-state index contributed by atoms with van der Waals surface area (Å²) >= 11 is 4.00. The number of hydrogen-bond acceptors (Lipinski definition) is 3. The summed E-state index contributed by atoms with van der Waals surface area (Å²) in [7, 11) is 0. The van der Waals surface area contributed by atoms with E-state index in [4.69, 9.17) is 5.73 Å². The van der Waals surface area contributed by atoms with Crippen molar-refractivity contribution >= 4 is 18.5 Å². The Morgan fingerprint density at radius 3 is 1.95 bits per heavy atom. The summed E-state index contributed by atoms with van der Waals surface area (Å²) in [6.45, 7) is 3.00. The average Bonchev–Trinajstić information content (AvgIpc) is 2.43. The van der Waals surface area contributed by atoms with Crippen LogP contribution in [0.2, 0.25) is 0 Å². The number of thiol groups is 1. The number of hydrogen-bond donors (Lipinski definition) is 3. The van der Waals surface area contributed by atoms with Crippen LogP contribution in [0, 0.1) is 0 Å². The topological polar surface area (TPSA) is 55.1 Å². The van der Waals surface area contributed by atoms with Gasteiger partial charge in [-0.1, -0.05) is 64.7 Å².